The summed E-state index contributed by atoms with van der Waals surface area (Å²) in [6, 6.07) is 5.07. The van der Waals surface area contributed by atoms with E-state index >= 15 is 0 Å². The van der Waals surface area contributed by atoms with Crippen molar-refractivity contribution in [3.8, 4) is 5.69 Å². The number of nitrogens with zero attached hydrogens (tertiary/aromatic N) is 2. The van der Waals surface area contributed by atoms with Crippen LogP contribution in [0, 0.1) is 0 Å². The summed E-state index contributed by atoms with van der Waals surface area (Å²) in [7, 11) is 0. The Kier molecular flexibility index (Phi) is 3.61. The number of benzene rings is 1. The van der Waals surface area contributed by atoms with E-state index in [1.165, 1.54) is 10.9 Å². The Morgan fingerprint density at radius 1 is 1.42 bits per heavy atom. The number of carbonyl (C=O) groups is 1. The zero-order valence-electron chi connectivity index (χ0n) is 12.6. The summed E-state index contributed by atoms with van der Waals surface area (Å²) >= 11 is 12.1. The Morgan fingerprint density at radius 2 is 2.21 bits per heavy atom. The normalized spacial score (nSPS) is 27.8. The molecule has 0 radical (unpaired) electrons. The van der Waals surface area contributed by atoms with Crippen molar-refractivity contribution in [2.24, 2.45) is 0 Å². The highest BCUT2D eigenvalue weighted by atomic mass is 35.5. The molecule has 3 fully saturated rings. The van der Waals surface area contributed by atoms with Crippen molar-refractivity contribution >= 4 is 29.1 Å². The maximum atomic E-state index is 12.5. The molecule has 2 saturated heterocycles. The number of amides is 1. The van der Waals surface area contributed by atoms with Gasteiger partial charge in [-0.05, 0) is 18.2 Å². The quantitative estimate of drug-likeness (QED) is 0.868. The fraction of sp³-hybridized carbons (Fsp3) is 0.375. The number of aliphatic hydroxyl groups is 1. The van der Waals surface area contributed by atoms with E-state index in [1.807, 2.05) is 0 Å². The molecule has 3 aliphatic rings. The molecule has 3 heterocycles. The number of fused-ring (bicyclic) bond motifs is 1. The predicted molar refractivity (Wildman–Crippen MR) is 88.8 cm³/mol. The fourth-order valence-corrected chi connectivity index (χ4v) is 4.01. The van der Waals surface area contributed by atoms with Gasteiger partial charge >= 0.3 is 0 Å². The number of rotatable bonds is 4. The third-order valence-electron chi connectivity index (χ3n) is 4.64. The molecule has 24 heavy (non-hydrogen) atoms. The summed E-state index contributed by atoms with van der Waals surface area (Å²) in [5.74, 6) is -0.219. The number of carbonyl (C=O) groups excluding carboxylic acids is 1. The van der Waals surface area contributed by atoms with E-state index in [2.05, 4.69) is 10.4 Å². The molecule has 5 rings (SSSR count). The van der Waals surface area contributed by atoms with Gasteiger partial charge in [0.05, 0.1) is 46.8 Å². The van der Waals surface area contributed by atoms with Crippen molar-refractivity contribution in [3.05, 3.63) is 46.2 Å². The second-order valence-corrected chi connectivity index (χ2v) is 7.33. The third-order valence-corrected chi connectivity index (χ3v) is 5.18. The molecule has 1 amide bonds. The van der Waals surface area contributed by atoms with Crippen molar-refractivity contribution < 1.29 is 14.6 Å². The highest BCUT2D eigenvalue weighted by Crippen LogP contribution is 2.51. The highest BCUT2D eigenvalue weighted by molar-refractivity contribution is 6.35. The number of aromatic nitrogens is 2. The van der Waals surface area contributed by atoms with Crippen molar-refractivity contribution in [3.63, 3.8) is 0 Å². The molecule has 1 aromatic heterocycles. The summed E-state index contributed by atoms with van der Waals surface area (Å²) in [6.07, 6.45) is 4.39. The number of aliphatic hydroxyl groups excluding tert-OH is 1. The second kappa shape index (κ2) is 5.46. The highest BCUT2D eigenvalue weighted by Gasteiger charge is 2.62. The standard InChI is InChI=1S/C16H15Cl2N3O3/c17-11-1-2-13(12(18)3-11)21-5-10(4-19-21)14(23)20-15-6-16(7-15,8-22)24-9-15/h1-5,22H,6-9H2,(H,20,23). The smallest absolute Gasteiger partial charge is 0.254 e. The van der Waals surface area contributed by atoms with Crippen LogP contribution in [0.4, 0.5) is 0 Å². The summed E-state index contributed by atoms with van der Waals surface area (Å²) in [5.41, 5.74) is 0.239. The van der Waals surface area contributed by atoms with E-state index in [0.29, 0.717) is 40.7 Å². The van der Waals surface area contributed by atoms with Crippen molar-refractivity contribution in [2.75, 3.05) is 13.2 Å². The monoisotopic (exact) mass is 367 g/mol. The van der Waals surface area contributed by atoms with Crippen LogP contribution in [0.2, 0.25) is 10.0 Å². The van der Waals surface area contributed by atoms with E-state index in [-0.39, 0.29) is 18.1 Å². The van der Waals surface area contributed by atoms with Crippen LogP contribution < -0.4 is 5.32 Å². The molecule has 1 saturated carbocycles. The van der Waals surface area contributed by atoms with Gasteiger partial charge in [0.15, 0.2) is 0 Å². The Morgan fingerprint density at radius 3 is 2.88 bits per heavy atom. The predicted octanol–water partition coefficient (Wildman–Crippen LogP) is 2.20. The molecule has 6 nitrogen and oxygen atoms in total. The molecule has 2 N–H and O–H groups in total. The van der Waals surface area contributed by atoms with Crippen LogP contribution in [0.25, 0.3) is 5.69 Å². The van der Waals surface area contributed by atoms with Gasteiger partial charge in [0, 0.05) is 24.1 Å². The van der Waals surface area contributed by atoms with Gasteiger partial charge in [0.1, 0.15) is 0 Å². The minimum Gasteiger partial charge on any atom is -0.393 e. The first kappa shape index (κ1) is 15.9. The van der Waals surface area contributed by atoms with Gasteiger partial charge in [-0.25, -0.2) is 4.68 Å². The lowest BCUT2D eigenvalue weighted by atomic mass is 9.69. The lowest BCUT2D eigenvalue weighted by molar-refractivity contribution is -0.0494. The van der Waals surface area contributed by atoms with Gasteiger partial charge in [0.25, 0.3) is 5.91 Å². The van der Waals surface area contributed by atoms with Crippen LogP contribution in [0.5, 0.6) is 0 Å². The average molecular weight is 368 g/mol. The van der Waals surface area contributed by atoms with Crippen LogP contribution in [-0.2, 0) is 4.74 Å². The first-order valence-electron chi connectivity index (χ1n) is 7.52. The van der Waals surface area contributed by atoms with Gasteiger partial charge in [-0.2, -0.15) is 5.10 Å². The molecule has 2 aliphatic heterocycles. The SMILES string of the molecule is O=C(NC12COC(CO)(C1)C2)c1cnn(-c2ccc(Cl)cc2Cl)c1. The lowest BCUT2D eigenvalue weighted by Gasteiger charge is -2.43. The largest absolute Gasteiger partial charge is 0.393 e. The number of hydrogen-bond donors (Lipinski definition) is 2. The molecule has 0 spiro atoms. The summed E-state index contributed by atoms with van der Waals surface area (Å²) < 4.78 is 7.13. The minimum absolute atomic E-state index is 0.0163. The maximum Gasteiger partial charge on any atom is 0.254 e. The summed E-state index contributed by atoms with van der Waals surface area (Å²) in [5, 5.41) is 17.5. The fourth-order valence-electron chi connectivity index (χ4n) is 3.51. The molecule has 0 unspecified atom stereocenters. The topological polar surface area (TPSA) is 76.4 Å². The van der Waals surface area contributed by atoms with Gasteiger partial charge in [0.2, 0.25) is 0 Å². The molecule has 8 heteroatoms. The molecule has 2 aromatic rings. The van der Waals surface area contributed by atoms with Crippen molar-refractivity contribution in [1.29, 1.82) is 0 Å². The Hall–Kier alpha value is -1.60. The molecule has 0 atom stereocenters. The summed E-state index contributed by atoms with van der Waals surface area (Å²) in [4.78, 5) is 12.5. The zero-order chi connectivity index (χ0) is 16.9. The van der Waals surface area contributed by atoms with E-state index in [0.717, 1.165) is 0 Å². The van der Waals surface area contributed by atoms with E-state index in [4.69, 9.17) is 27.9 Å². The van der Waals surface area contributed by atoms with Gasteiger partial charge in [-0.3, -0.25) is 4.79 Å². The van der Waals surface area contributed by atoms with Crippen LogP contribution in [0.3, 0.4) is 0 Å². The van der Waals surface area contributed by atoms with E-state index < -0.39 is 5.60 Å². The molecule has 1 aromatic carbocycles. The molecule has 1 aliphatic carbocycles. The number of nitrogens with one attached hydrogen (secondary N) is 1. The van der Waals surface area contributed by atoms with Crippen molar-refractivity contribution in [1.82, 2.24) is 15.1 Å². The van der Waals surface area contributed by atoms with Gasteiger partial charge < -0.3 is 15.2 Å². The second-order valence-electron chi connectivity index (χ2n) is 6.49. The van der Waals surface area contributed by atoms with Crippen LogP contribution in [0.15, 0.2) is 30.6 Å². The Labute approximate surface area is 148 Å². The Balaban J connectivity index is 1.50. The minimum atomic E-state index is -0.464. The van der Waals surface area contributed by atoms with Crippen LogP contribution >= 0.6 is 23.2 Å². The number of halogens is 2. The number of hydrogen-bond acceptors (Lipinski definition) is 4. The molecule has 126 valence electrons. The lowest BCUT2D eigenvalue weighted by Crippen LogP contribution is -2.60. The average Bonchev–Trinajstić information content (AvgIpc) is 3.20. The molecular formula is C16H15Cl2N3O3. The van der Waals surface area contributed by atoms with E-state index in [9.17, 15) is 9.90 Å². The zero-order valence-corrected chi connectivity index (χ0v) is 14.1. The number of ether oxygens (including phenoxy) is 1. The van der Waals surface area contributed by atoms with E-state index in [1.54, 1.807) is 24.4 Å². The first-order valence-corrected chi connectivity index (χ1v) is 8.27. The molecule has 2 bridgehead atoms. The van der Waals surface area contributed by atoms with Crippen LogP contribution in [-0.4, -0.2) is 45.1 Å². The third kappa shape index (κ3) is 2.50. The van der Waals surface area contributed by atoms with Gasteiger partial charge in [-0.1, -0.05) is 23.2 Å². The van der Waals surface area contributed by atoms with Crippen LogP contribution in [0.1, 0.15) is 23.2 Å². The first-order chi connectivity index (χ1) is 11.4. The Bertz CT molecular complexity index is 815. The maximum absolute atomic E-state index is 12.5. The molecular weight excluding hydrogens is 353 g/mol. The summed E-state index contributed by atoms with van der Waals surface area (Å²) in [6.45, 7) is 0.411. The van der Waals surface area contributed by atoms with Gasteiger partial charge in [-0.15, -0.1) is 0 Å². The van der Waals surface area contributed by atoms with Crippen molar-refractivity contribution in [2.45, 2.75) is 24.0 Å².